The fraction of sp³-hybridized carbons (Fsp3) is 0.219. The lowest BCUT2D eigenvalue weighted by Crippen LogP contribution is -2.37. The van der Waals surface area contributed by atoms with Crippen molar-refractivity contribution >= 4 is 23.7 Å². The third-order valence-corrected chi connectivity index (χ3v) is 6.17. The molecule has 0 spiro atoms. The van der Waals surface area contributed by atoms with Crippen LogP contribution in [0.25, 0.3) is 11.8 Å². The summed E-state index contributed by atoms with van der Waals surface area (Å²) in [5.41, 5.74) is 4.45. The molecule has 3 aromatic carbocycles. The summed E-state index contributed by atoms with van der Waals surface area (Å²) in [7, 11) is 0. The van der Waals surface area contributed by atoms with Gasteiger partial charge in [0.15, 0.2) is 0 Å². The Balaban J connectivity index is 1.59. The monoisotopic (exact) mass is 506 g/mol. The van der Waals surface area contributed by atoms with E-state index >= 15 is 0 Å². The van der Waals surface area contributed by atoms with E-state index in [4.69, 9.17) is 5.10 Å². The average Bonchev–Trinajstić information content (AvgIpc) is 3.32. The van der Waals surface area contributed by atoms with Gasteiger partial charge in [0.1, 0.15) is 12.4 Å². The molecule has 0 atom stereocenters. The highest BCUT2D eigenvalue weighted by Crippen LogP contribution is 2.27. The Morgan fingerprint density at radius 3 is 2.21 bits per heavy atom. The quantitative estimate of drug-likeness (QED) is 0.291. The summed E-state index contributed by atoms with van der Waals surface area (Å²) in [4.78, 5) is 28.1. The minimum Gasteiger partial charge on any atom is -0.326 e. The van der Waals surface area contributed by atoms with Crippen LogP contribution in [0, 0.1) is 6.92 Å². The van der Waals surface area contributed by atoms with Gasteiger partial charge < -0.3 is 10.2 Å². The van der Waals surface area contributed by atoms with Crippen molar-refractivity contribution in [1.82, 2.24) is 14.7 Å². The van der Waals surface area contributed by atoms with Crippen LogP contribution >= 0.6 is 0 Å². The fourth-order valence-corrected chi connectivity index (χ4v) is 4.03. The van der Waals surface area contributed by atoms with Crippen LogP contribution in [0.2, 0.25) is 0 Å². The molecule has 0 unspecified atom stereocenters. The van der Waals surface area contributed by atoms with E-state index in [-0.39, 0.29) is 23.8 Å². The first-order chi connectivity index (χ1) is 18.2. The number of amides is 2. The molecular formula is C32H34N4O2. The van der Waals surface area contributed by atoms with Crippen LogP contribution in [-0.2, 0) is 21.5 Å². The van der Waals surface area contributed by atoms with Gasteiger partial charge in [0.2, 0.25) is 11.8 Å². The second-order valence-electron chi connectivity index (χ2n) is 10.3. The first-order valence-electron chi connectivity index (χ1n) is 12.7. The zero-order valence-electron chi connectivity index (χ0n) is 22.4. The second-order valence-corrected chi connectivity index (χ2v) is 10.3. The number of aryl methyl sites for hydroxylation is 1. The Labute approximate surface area is 224 Å². The lowest BCUT2D eigenvalue weighted by molar-refractivity contribution is -0.131. The van der Waals surface area contributed by atoms with Gasteiger partial charge in [-0.3, -0.25) is 9.59 Å². The maximum absolute atomic E-state index is 13.3. The van der Waals surface area contributed by atoms with Crippen molar-refractivity contribution in [2.45, 2.75) is 39.7 Å². The molecule has 0 aliphatic heterocycles. The van der Waals surface area contributed by atoms with Gasteiger partial charge in [-0.15, -0.1) is 0 Å². The van der Waals surface area contributed by atoms with E-state index in [1.54, 1.807) is 15.7 Å². The maximum atomic E-state index is 13.3. The Bertz CT molecular complexity index is 1420. The molecule has 0 fully saturated rings. The summed E-state index contributed by atoms with van der Waals surface area (Å²) in [6, 6.07) is 29.1. The van der Waals surface area contributed by atoms with Crippen LogP contribution in [0.15, 0.2) is 97.1 Å². The number of anilines is 1. The van der Waals surface area contributed by atoms with Crippen LogP contribution in [0.1, 0.15) is 43.2 Å². The molecule has 194 valence electrons. The highest BCUT2D eigenvalue weighted by Gasteiger charge is 2.23. The highest BCUT2D eigenvalue weighted by molar-refractivity contribution is 5.97. The normalized spacial score (nSPS) is 11.5. The molecule has 1 aromatic heterocycles. The van der Waals surface area contributed by atoms with Gasteiger partial charge in [-0.05, 0) is 35.8 Å². The molecule has 6 heteroatoms. The molecule has 0 radical (unpaired) electrons. The minimum absolute atomic E-state index is 0.101. The summed E-state index contributed by atoms with van der Waals surface area (Å²) in [5.74, 6) is 0.0365. The maximum Gasteiger partial charge on any atom is 0.247 e. The molecule has 1 heterocycles. The number of aromatic nitrogens is 2. The van der Waals surface area contributed by atoms with Crippen LogP contribution in [0.4, 0.5) is 5.82 Å². The number of hydrogen-bond acceptors (Lipinski definition) is 3. The van der Waals surface area contributed by atoms with E-state index in [0.29, 0.717) is 12.4 Å². The summed E-state index contributed by atoms with van der Waals surface area (Å²) in [5, 5.41) is 7.84. The number of nitrogens with one attached hydrogen (secondary N) is 1. The van der Waals surface area contributed by atoms with Crippen molar-refractivity contribution in [2.24, 2.45) is 0 Å². The number of rotatable bonds is 8. The SMILES string of the molecule is Cc1ccccc1-n1nc(C(C)(C)C)cc1NC(=O)CN(Cc1ccccc1)C(=O)C=Cc1ccccc1. The van der Waals surface area contributed by atoms with Gasteiger partial charge in [-0.2, -0.15) is 5.10 Å². The first kappa shape index (κ1) is 26.6. The van der Waals surface area contributed by atoms with Crippen molar-refractivity contribution in [1.29, 1.82) is 0 Å². The van der Waals surface area contributed by atoms with Crippen molar-refractivity contribution in [3.8, 4) is 5.69 Å². The lowest BCUT2D eigenvalue weighted by Gasteiger charge is -2.21. The van der Waals surface area contributed by atoms with E-state index in [1.165, 1.54) is 6.08 Å². The summed E-state index contributed by atoms with van der Waals surface area (Å²) >= 11 is 0. The highest BCUT2D eigenvalue weighted by atomic mass is 16.2. The third-order valence-electron chi connectivity index (χ3n) is 6.17. The predicted octanol–water partition coefficient (Wildman–Crippen LogP) is 6.16. The van der Waals surface area contributed by atoms with Crippen LogP contribution < -0.4 is 5.32 Å². The van der Waals surface area contributed by atoms with E-state index in [2.05, 4.69) is 26.1 Å². The van der Waals surface area contributed by atoms with Gasteiger partial charge in [0, 0.05) is 24.1 Å². The van der Waals surface area contributed by atoms with Gasteiger partial charge in [-0.1, -0.05) is 99.6 Å². The molecule has 1 N–H and O–H groups in total. The molecule has 38 heavy (non-hydrogen) atoms. The number of carbonyl (C=O) groups is 2. The Morgan fingerprint density at radius 1 is 0.921 bits per heavy atom. The van der Waals surface area contributed by atoms with Gasteiger partial charge >= 0.3 is 0 Å². The smallest absolute Gasteiger partial charge is 0.247 e. The number of nitrogens with zero attached hydrogens (tertiary/aromatic N) is 3. The average molecular weight is 507 g/mol. The van der Waals surface area contributed by atoms with Gasteiger partial charge in [0.25, 0.3) is 0 Å². The van der Waals surface area contributed by atoms with Crippen LogP contribution in [0.3, 0.4) is 0 Å². The largest absolute Gasteiger partial charge is 0.326 e. The number of benzene rings is 3. The third kappa shape index (κ3) is 6.85. The second kappa shape index (κ2) is 11.7. The van der Waals surface area contributed by atoms with Crippen LogP contribution in [0.5, 0.6) is 0 Å². The zero-order valence-corrected chi connectivity index (χ0v) is 22.4. The molecule has 0 saturated heterocycles. The molecule has 0 bridgehead atoms. The molecule has 0 saturated carbocycles. The predicted molar refractivity (Wildman–Crippen MR) is 153 cm³/mol. The molecule has 6 nitrogen and oxygen atoms in total. The number of carbonyl (C=O) groups excluding carboxylic acids is 2. The molecule has 2 amide bonds. The summed E-state index contributed by atoms with van der Waals surface area (Å²) < 4.78 is 1.77. The van der Waals surface area contributed by atoms with Crippen LogP contribution in [-0.4, -0.2) is 33.0 Å². The summed E-state index contributed by atoms with van der Waals surface area (Å²) in [6.07, 6.45) is 3.28. The topological polar surface area (TPSA) is 67.2 Å². The zero-order chi connectivity index (χ0) is 27.1. The Hall–Kier alpha value is -4.45. The van der Waals surface area contributed by atoms with E-state index in [0.717, 1.165) is 28.1 Å². The van der Waals surface area contributed by atoms with Gasteiger partial charge in [-0.25, -0.2) is 4.68 Å². The van der Waals surface area contributed by atoms with Crippen molar-refractivity contribution in [3.05, 3.63) is 119 Å². The Kier molecular flexibility index (Phi) is 8.22. The molecule has 0 aliphatic carbocycles. The van der Waals surface area contributed by atoms with E-state index in [1.807, 2.05) is 97.9 Å². The van der Waals surface area contributed by atoms with Gasteiger partial charge in [0.05, 0.1) is 11.4 Å². The number of para-hydroxylation sites is 1. The molecule has 0 aliphatic rings. The van der Waals surface area contributed by atoms with Crippen molar-refractivity contribution < 1.29 is 9.59 Å². The Morgan fingerprint density at radius 2 is 1.55 bits per heavy atom. The van der Waals surface area contributed by atoms with E-state index < -0.39 is 0 Å². The van der Waals surface area contributed by atoms with E-state index in [9.17, 15) is 9.59 Å². The first-order valence-corrected chi connectivity index (χ1v) is 12.7. The van der Waals surface area contributed by atoms with Crippen molar-refractivity contribution in [2.75, 3.05) is 11.9 Å². The lowest BCUT2D eigenvalue weighted by atomic mass is 9.92. The standard InChI is InChI=1S/C32H34N4O2/c1-24-13-11-12-18-27(24)36-29(21-28(34-36)32(2,3)4)33-30(37)23-35(22-26-16-9-6-10-17-26)31(38)20-19-25-14-7-5-8-15-25/h5-21H,22-23H2,1-4H3,(H,33,37). The summed E-state index contributed by atoms with van der Waals surface area (Å²) in [6.45, 7) is 8.49. The molecule has 4 rings (SSSR count). The minimum atomic E-state index is -0.294. The van der Waals surface area contributed by atoms with Crippen molar-refractivity contribution in [3.63, 3.8) is 0 Å². The fourth-order valence-electron chi connectivity index (χ4n) is 4.03. The number of hydrogen-bond donors (Lipinski definition) is 1. The molecular weight excluding hydrogens is 472 g/mol. The molecule has 4 aromatic rings.